The molecule has 0 saturated heterocycles. The quantitative estimate of drug-likeness (QED) is 0.781. The van der Waals surface area contributed by atoms with Crippen molar-refractivity contribution in [2.24, 2.45) is 11.8 Å². The van der Waals surface area contributed by atoms with Gasteiger partial charge in [-0.15, -0.1) is 0 Å². The molecule has 18 heavy (non-hydrogen) atoms. The second-order valence-corrected chi connectivity index (χ2v) is 5.93. The fourth-order valence-electron chi connectivity index (χ4n) is 3.06. The lowest BCUT2D eigenvalue weighted by Crippen LogP contribution is -2.16. The molecule has 1 aromatic rings. The third kappa shape index (κ3) is 3.66. The van der Waals surface area contributed by atoms with Gasteiger partial charge in [0.25, 0.3) is 0 Å². The average molecular weight is 246 g/mol. The SMILES string of the molecule is Cc1ccc(N)cc1NCCC1CCCC(C)C1. The molecule has 0 spiro atoms. The normalized spacial score (nSPS) is 23.9. The smallest absolute Gasteiger partial charge is 0.0390 e. The third-order valence-electron chi connectivity index (χ3n) is 4.17. The molecule has 2 unspecified atom stereocenters. The number of nitrogen functional groups attached to an aromatic ring is 1. The number of hydrogen-bond donors (Lipinski definition) is 2. The summed E-state index contributed by atoms with van der Waals surface area (Å²) < 4.78 is 0. The number of anilines is 2. The Labute approximate surface area is 111 Å². The van der Waals surface area contributed by atoms with Crippen LogP contribution in [-0.4, -0.2) is 6.54 Å². The molecule has 0 amide bonds. The fraction of sp³-hybridized carbons (Fsp3) is 0.625. The molecule has 1 aliphatic rings. The standard InChI is InChI=1S/C16H26N2/c1-12-4-3-5-14(10-12)8-9-18-16-11-15(17)7-6-13(16)2/h6-7,11-12,14,18H,3-5,8-10,17H2,1-2H3. The number of aryl methyl sites for hydroxylation is 1. The summed E-state index contributed by atoms with van der Waals surface area (Å²) in [5.74, 6) is 1.85. The van der Waals surface area contributed by atoms with Crippen LogP contribution in [0.3, 0.4) is 0 Å². The van der Waals surface area contributed by atoms with Crippen LogP contribution in [0.5, 0.6) is 0 Å². The average Bonchev–Trinajstić information content (AvgIpc) is 2.34. The molecule has 1 aromatic carbocycles. The van der Waals surface area contributed by atoms with Crippen LogP contribution in [0.2, 0.25) is 0 Å². The minimum absolute atomic E-state index is 0.842. The fourth-order valence-corrected chi connectivity index (χ4v) is 3.06. The maximum atomic E-state index is 5.82. The van der Waals surface area contributed by atoms with Crippen molar-refractivity contribution in [1.82, 2.24) is 0 Å². The lowest BCUT2D eigenvalue weighted by atomic mass is 9.81. The molecule has 0 heterocycles. The minimum Gasteiger partial charge on any atom is -0.399 e. The van der Waals surface area contributed by atoms with E-state index < -0.39 is 0 Å². The zero-order valence-corrected chi connectivity index (χ0v) is 11.7. The van der Waals surface area contributed by atoms with Gasteiger partial charge < -0.3 is 11.1 Å². The summed E-state index contributed by atoms with van der Waals surface area (Å²) in [6.07, 6.45) is 6.97. The Balaban J connectivity index is 1.79. The zero-order chi connectivity index (χ0) is 13.0. The van der Waals surface area contributed by atoms with E-state index >= 15 is 0 Å². The van der Waals surface area contributed by atoms with E-state index in [4.69, 9.17) is 5.73 Å². The zero-order valence-electron chi connectivity index (χ0n) is 11.7. The highest BCUT2D eigenvalue weighted by atomic mass is 14.9. The molecular weight excluding hydrogens is 220 g/mol. The van der Waals surface area contributed by atoms with Gasteiger partial charge in [-0.25, -0.2) is 0 Å². The molecule has 1 aliphatic carbocycles. The number of nitrogens with one attached hydrogen (secondary N) is 1. The van der Waals surface area contributed by atoms with Crippen molar-refractivity contribution in [2.75, 3.05) is 17.6 Å². The molecule has 2 heteroatoms. The largest absolute Gasteiger partial charge is 0.399 e. The van der Waals surface area contributed by atoms with Crippen LogP contribution < -0.4 is 11.1 Å². The molecule has 1 fully saturated rings. The van der Waals surface area contributed by atoms with Crippen molar-refractivity contribution in [3.05, 3.63) is 23.8 Å². The first-order chi connectivity index (χ1) is 8.65. The van der Waals surface area contributed by atoms with Crippen molar-refractivity contribution in [2.45, 2.75) is 46.0 Å². The topological polar surface area (TPSA) is 38.0 Å². The van der Waals surface area contributed by atoms with Crippen molar-refractivity contribution in [3.63, 3.8) is 0 Å². The summed E-state index contributed by atoms with van der Waals surface area (Å²) in [6, 6.07) is 6.09. The summed E-state index contributed by atoms with van der Waals surface area (Å²) in [5, 5.41) is 3.54. The number of hydrogen-bond acceptors (Lipinski definition) is 2. The maximum absolute atomic E-state index is 5.82. The second-order valence-electron chi connectivity index (χ2n) is 5.93. The van der Waals surface area contributed by atoms with Gasteiger partial charge in [0.2, 0.25) is 0 Å². The molecule has 2 nitrogen and oxygen atoms in total. The third-order valence-corrected chi connectivity index (χ3v) is 4.17. The van der Waals surface area contributed by atoms with Gasteiger partial charge in [-0.2, -0.15) is 0 Å². The maximum Gasteiger partial charge on any atom is 0.0390 e. The first-order valence-electron chi connectivity index (χ1n) is 7.25. The molecule has 100 valence electrons. The number of nitrogens with two attached hydrogens (primary N) is 1. The second kappa shape index (κ2) is 6.12. The molecule has 3 N–H and O–H groups in total. The molecule has 0 radical (unpaired) electrons. The Morgan fingerprint density at radius 2 is 2.17 bits per heavy atom. The first-order valence-corrected chi connectivity index (χ1v) is 7.25. The Hall–Kier alpha value is -1.18. The summed E-state index contributed by atoms with van der Waals surface area (Å²) in [5.41, 5.74) is 9.13. The van der Waals surface area contributed by atoms with Crippen LogP contribution in [0.1, 0.15) is 44.6 Å². The lowest BCUT2D eigenvalue weighted by molar-refractivity contribution is 0.274. The molecule has 2 rings (SSSR count). The van der Waals surface area contributed by atoms with Crippen LogP contribution in [-0.2, 0) is 0 Å². The van der Waals surface area contributed by atoms with Crippen molar-refractivity contribution in [1.29, 1.82) is 0 Å². The molecule has 0 bridgehead atoms. The van der Waals surface area contributed by atoms with E-state index in [-0.39, 0.29) is 0 Å². The van der Waals surface area contributed by atoms with Gasteiger partial charge in [-0.05, 0) is 49.3 Å². The summed E-state index contributed by atoms with van der Waals surface area (Å²) >= 11 is 0. The molecule has 2 atom stereocenters. The van der Waals surface area contributed by atoms with Gasteiger partial charge in [-0.1, -0.05) is 32.3 Å². The van der Waals surface area contributed by atoms with Gasteiger partial charge in [0.1, 0.15) is 0 Å². The van der Waals surface area contributed by atoms with E-state index in [9.17, 15) is 0 Å². The van der Waals surface area contributed by atoms with Crippen molar-refractivity contribution in [3.8, 4) is 0 Å². The van der Waals surface area contributed by atoms with Gasteiger partial charge in [0.05, 0.1) is 0 Å². The number of benzene rings is 1. The van der Waals surface area contributed by atoms with Crippen LogP contribution in [0.25, 0.3) is 0 Å². The van der Waals surface area contributed by atoms with E-state index in [1.165, 1.54) is 43.4 Å². The molecule has 0 aromatic heterocycles. The summed E-state index contributed by atoms with van der Waals surface area (Å²) in [6.45, 7) is 5.59. The van der Waals surface area contributed by atoms with Gasteiger partial charge in [-0.3, -0.25) is 0 Å². The number of rotatable bonds is 4. The highest BCUT2D eigenvalue weighted by Crippen LogP contribution is 2.30. The van der Waals surface area contributed by atoms with Crippen LogP contribution in [0.15, 0.2) is 18.2 Å². The van der Waals surface area contributed by atoms with E-state index in [0.717, 1.165) is 24.1 Å². The van der Waals surface area contributed by atoms with Crippen molar-refractivity contribution < 1.29 is 0 Å². The summed E-state index contributed by atoms with van der Waals surface area (Å²) in [4.78, 5) is 0. The van der Waals surface area contributed by atoms with E-state index in [0.29, 0.717) is 0 Å². The van der Waals surface area contributed by atoms with Gasteiger partial charge in [0.15, 0.2) is 0 Å². The van der Waals surface area contributed by atoms with Gasteiger partial charge >= 0.3 is 0 Å². The Morgan fingerprint density at radius 3 is 2.94 bits per heavy atom. The predicted octanol–water partition coefficient (Wildman–Crippen LogP) is 4.21. The molecule has 1 saturated carbocycles. The van der Waals surface area contributed by atoms with Crippen LogP contribution in [0.4, 0.5) is 11.4 Å². The Kier molecular flexibility index (Phi) is 4.51. The monoisotopic (exact) mass is 246 g/mol. The van der Waals surface area contributed by atoms with Gasteiger partial charge in [0, 0.05) is 17.9 Å². The minimum atomic E-state index is 0.842. The lowest BCUT2D eigenvalue weighted by Gasteiger charge is -2.26. The van der Waals surface area contributed by atoms with Crippen LogP contribution >= 0.6 is 0 Å². The highest BCUT2D eigenvalue weighted by Gasteiger charge is 2.18. The van der Waals surface area contributed by atoms with E-state index in [2.05, 4.69) is 25.2 Å². The van der Waals surface area contributed by atoms with E-state index in [1.54, 1.807) is 0 Å². The van der Waals surface area contributed by atoms with Crippen molar-refractivity contribution >= 4 is 11.4 Å². The Morgan fingerprint density at radius 1 is 1.33 bits per heavy atom. The predicted molar refractivity (Wildman–Crippen MR) is 79.8 cm³/mol. The Bertz CT molecular complexity index is 387. The molecule has 0 aliphatic heterocycles. The summed E-state index contributed by atoms with van der Waals surface area (Å²) in [7, 11) is 0. The first kappa shape index (κ1) is 13.3. The molecular formula is C16H26N2. The van der Waals surface area contributed by atoms with E-state index in [1.807, 2.05) is 12.1 Å². The highest BCUT2D eigenvalue weighted by molar-refractivity contribution is 5.59. The van der Waals surface area contributed by atoms with Crippen LogP contribution in [0, 0.1) is 18.8 Å².